The van der Waals surface area contributed by atoms with Gasteiger partial charge >= 0.3 is 6.09 Å². The van der Waals surface area contributed by atoms with E-state index in [9.17, 15) is 18.3 Å². The van der Waals surface area contributed by atoms with Crippen LogP contribution in [0.5, 0.6) is 0 Å². The van der Waals surface area contributed by atoms with E-state index < -0.39 is 16.1 Å². The van der Waals surface area contributed by atoms with Gasteiger partial charge in [-0.25, -0.2) is 22.9 Å². The third kappa shape index (κ3) is 6.45. The number of hydrogen-bond donors (Lipinski definition) is 2. The molecule has 0 aliphatic carbocycles. The Hall–Kier alpha value is -2.08. The van der Waals surface area contributed by atoms with E-state index in [0.717, 1.165) is 31.5 Å². The number of carboxylic acid groups (broad SMARTS) is 1. The van der Waals surface area contributed by atoms with Crippen LogP contribution >= 0.6 is 11.5 Å². The molecule has 0 saturated carbocycles. The van der Waals surface area contributed by atoms with Crippen molar-refractivity contribution in [1.82, 2.24) is 19.0 Å². The topological polar surface area (TPSA) is 116 Å². The van der Waals surface area contributed by atoms with E-state index in [4.69, 9.17) is 0 Å². The maximum absolute atomic E-state index is 12.1. The largest absolute Gasteiger partial charge is 0.465 e. The summed E-state index contributed by atoms with van der Waals surface area (Å²) in [5.41, 5.74) is 1.40. The lowest BCUT2D eigenvalue weighted by Gasteiger charge is -2.34. The molecular formula is C20H29N5O4S2. The van der Waals surface area contributed by atoms with Crippen LogP contribution < -0.4 is 9.62 Å². The normalized spacial score (nSPS) is 15.8. The molecule has 2 N–H and O–H groups in total. The zero-order valence-corrected chi connectivity index (χ0v) is 19.5. The standard InChI is InChI=1S/C20H29N5O4S2/c1-3-31(28,29)21-10-13-24-11-8-16(9-12-24)14-25(20(26)27)18-7-5-4-6-17(18)19-22-15(2)23-30-19/h4-7,16,21H,3,8-14H2,1-2H3,(H,26,27). The van der Waals surface area contributed by atoms with E-state index in [1.165, 1.54) is 16.4 Å². The zero-order valence-electron chi connectivity index (χ0n) is 17.8. The lowest BCUT2D eigenvalue weighted by Crippen LogP contribution is -2.43. The third-order valence-electron chi connectivity index (χ3n) is 5.46. The van der Waals surface area contributed by atoms with E-state index in [1.807, 2.05) is 31.2 Å². The lowest BCUT2D eigenvalue weighted by molar-refractivity contribution is 0.180. The number of likely N-dealkylation sites (tertiary alicyclic amines) is 1. The number of anilines is 1. The number of benzene rings is 1. The van der Waals surface area contributed by atoms with Crippen molar-refractivity contribution < 1.29 is 18.3 Å². The molecular weight excluding hydrogens is 438 g/mol. The number of nitrogens with one attached hydrogen (secondary N) is 1. The van der Waals surface area contributed by atoms with Crippen molar-refractivity contribution in [2.75, 3.05) is 43.4 Å². The molecule has 0 radical (unpaired) electrons. The highest BCUT2D eigenvalue weighted by atomic mass is 32.2. The Balaban J connectivity index is 1.61. The van der Waals surface area contributed by atoms with Crippen LogP contribution in [-0.4, -0.2) is 72.4 Å². The maximum atomic E-state index is 12.1. The summed E-state index contributed by atoms with van der Waals surface area (Å²) < 4.78 is 29.9. The van der Waals surface area contributed by atoms with Crippen molar-refractivity contribution in [2.45, 2.75) is 26.7 Å². The highest BCUT2D eigenvalue weighted by Crippen LogP contribution is 2.33. The first-order chi connectivity index (χ1) is 14.8. The summed E-state index contributed by atoms with van der Waals surface area (Å²) in [5.74, 6) is 0.993. The molecule has 0 bridgehead atoms. The lowest BCUT2D eigenvalue weighted by atomic mass is 9.95. The highest BCUT2D eigenvalue weighted by Gasteiger charge is 2.26. The van der Waals surface area contributed by atoms with Gasteiger partial charge < -0.3 is 10.0 Å². The first-order valence-corrected chi connectivity index (χ1v) is 12.8. The second-order valence-electron chi connectivity index (χ2n) is 7.64. The fourth-order valence-corrected chi connectivity index (χ4v) is 5.00. The highest BCUT2D eigenvalue weighted by molar-refractivity contribution is 7.89. The van der Waals surface area contributed by atoms with Gasteiger partial charge in [0, 0.05) is 25.2 Å². The second-order valence-corrected chi connectivity index (χ2v) is 10.5. The molecule has 11 heteroatoms. The Labute approximate surface area is 187 Å². The Kier molecular flexibility index (Phi) is 7.98. The summed E-state index contributed by atoms with van der Waals surface area (Å²) >= 11 is 1.27. The monoisotopic (exact) mass is 467 g/mol. The van der Waals surface area contributed by atoms with Gasteiger partial charge in [0.2, 0.25) is 10.0 Å². The predicted molar refractivity (Wildman–Crippen MR) is 122 cm³/mol. The molecule has 1 aliphatic rings. The first-order valence-electron chi connectivity index (χ1n) is 10.4. The number of amides is 1. The second kappa shape index (κ2) is 10.5. The molecule has 1 aromatic carbocycles. The van der Waals surface area contributed by atoms with Crippen LogP contribution in [0.1, 0.15) is 25.6 Å². The molecule has 2 aromatic rings. The Morgan fingerprint density at radius 3 is 2.65 bits per heavy atom. The van der Waals surface area contributed by atoms with Gasteiger partial charge in [-0.1, -0.05) is 12.1 Å². The van der Waals surface area contributed by atoms with Gasteiger partial charge in [-0.3, -0.25) is 4.90 Å². The molecule has 1 aromatic heterocycles. The van der Waals surface area contributed by atoms with Crippen LogP contribution in [0.2, 0.25) is 0 Å². The number of hydrogen-bond acceptors (Lipinski definition) is 7. The number of sulfonamides is 1. The van der Waals surface area contributed by atoms with Crippen molar-refractivity contribution in [2.24, 2.45) is 5.92 Å². The van der Waals surface area contributed by atoms with Gasteiger partial charge in [0.25, 0.3) is 0 Å². The molecule has 0 spiro atoms. The fraction of sp³-hybridized carbons (Fsp3) is 0.550. The molecule has 9 nitrogen and oxygen atoms in total. The smallest absolute Gasteiger partial charge is 0.411 e. The van der Waals surface area contributed by atoms with Gasteiger partial charge in [-0.05, 0) is 69.4 Å². The predicted octanol–water partition coefficient (Wildman–Crippen LogP) is 2.65. The summed E-state index contributed by atoms with van der Waals surface area (Å²) in [5, 5.41) is 10.6. The summed E-state index contributed by atoms with van der Waals surface area (Å²) in [6.07, 6.45) is 0.750. The van der Waals surface area contributed by atoms with Crippen LogP contribution in [0.15, 0.2) is 24.3 Å². The van der Waals surface area contributed by atoms with Crippen molar-refractivity contribution in [3.8, 4) is 10.6 Å². The molecule has 2 heterocycles. The van der Waals surface area contributed by atoms with Crippen LogP contribution in [0.3, 0.4) is 0 Å². The van der Waals surface area contributed by atoms with Gasteiger partial charge in [0.1, 0.15) is 10.8 Å². The summed E-state index contributed by atoms with van der Waals surface area (Å²) in [6, 6.07) is 7.41. The molecule has 1 aliphatic heterocycles. The minimum atomic E-state index is -3.17. The van der Waals surface area contributed by atoms with E-state index in [0.29, 0.717) is 36.2 Å². The van der Waals surface area contributed by atoms with Gasteiger partial charge in [-0.2, -0.15) is 4.37 Å². The van der Waals surface area contributed by atoms with Crippen molar-refractivity contribution >= 4 is 33.3 Å². The molecule has 3 rings (SSSR count). The van der Waals surface area contributed by atoms with Gasteiger partial charge in [0.05, 0.1) is 11.4 Å². The van der Waals surface area contributed by atoms with Crippen LogP contribution in [-0.2, 0) is 10.0 Å². The fourth-order valence-electron chi connectivity index (χ4n) is 3.69. The number of para-hydroxylation sites is 1. The summed E-state index contributed by atoms with van der Waals surface area (Å²) in [4.78, 5) is 20.2. The first kappa shape index (κ1) is 23.6. The minimum Gasteiger partial charge on any atom is -0.465 e. The van der Waals surface area contributed by atoms with E-state index in [1.54, 1.807) is 6.92 Å². The van der Waals surface area contributed by atoms with Crippen LogP contribution in [0.25, 0.3) is 10.6 Å². The quantitative estimate of drug-likeness (QED) is 0.582. The van der Waals surface area contributed by atoms with Crippen LogP contribution in [0.4, 0.5) is 10.5 Å². The Morgan fingerprint density at radius 1 is 1.32 bits per heavy atom. The zero-order chi connectivity index (χ0) is 22.4. The number of nitrogens with zero attached hydrogens (tertiary/aromatic N) is 4. The molecule has 1 amide bonds. The molecule has 1 saturated heterocycles. The average Bonchev–Trinajstić information content (AvgIpc) is 3.19. The van der Waals surface area contributed by atoms with E-state index in [-0.39, 0.29) is 11.7 Å². The molecule has 31 heavy (non-hydrogen) atoms. The minimum absolute atomic E-state index is 0.0815. The number of carbonyl (C=O) groups is 1. The van der Waals surface area contributed by atoms with Crippen LogP contribution in [0, 0.1) is 12.8 Å². The Morgan fingerprint density at radius 2 is 2.03 bits per heavy atom. The van der Waals surface area contributed by atoms with Gasteiger partial charge in [-0.15, -0.1) is 0 Å². The SMILES string of the molecule is CCS(=O)(=O)NCCN1CCC(CN(C(=O)O)c2ccccc2-c2nc(C)ns2)CC1. The Bertz CT molecular complexity index is 987. The number of piperidine rings is 1. The summed E-state index contributed by atoms with van der Waals surface area (Å²) in [7, 11) is -3.17. The van der Waals surface area contributed by atoms with E-state index in [2.05, 4.69) is 19.0 Å². The molecule has 1 fully saturated rings. The maximum Gasteiger partial charge on any atom is 0.411 e. The molecule has 0 atom stereocenters. The average molecular weight is 468 g/mol. The van der Waals surface area contributed by atoms with Crippen molar-refractivity contribution in [1.29, 1.82) is 0 Å². The van der Waals surface area contributed by atoms with Crippen molar-refractivity contribution in [3.05, 3.63) is 30.1 Å². The molecule has 170 valence electrons. The number of rotatable bonds is 9. The number of aromatic nitrogens is 2. The van der Waals surface area contributed by atoms with Crippen molar-refractivity contribution in [3.63, 3.8) is 0 Å². The van der Waals surface area contributed by atoms with E-state index >= 15 is 0 Å². The summed E-state index contributed by atoms with van der Waals surface area (Å²) in [6.45, 7) is 6.56. The number of aryl methyl sites for hydroxylation is 1. The third-order valence-corrected chi connectivity index (χ3v) is 7.71. The molecule has 0 unspecified atom stereocenters. The van der Waals surface area contributed by atoms with Gasteiger partial charge in [0.15, 0.2) is 0 Å².